The molecule has 5 heteroatoms. The standard InChI is InChI=1S/C10H15N3O2/c1-7-6-15-3-2-13(7)8-4-9(11)12-10(14)5-8/h4-5,7H,2-3,6H2,1H3,(H3,11,12,14). The Bertz CT molecular complexity index is 402. The first-order valence-electron chi connectivity index (χ1n) is 5.01. The molecule has 0 radical (unpaired) electrons. The number of rotatable bonds is 1. The molecule has 1 unspecified atom stereocenters. The third-order valence-electron chi connectivity index (χ3n) is 2.55. The number of nitrogens with two attached hydrogens (primary N) is 1. The molecule has 1 atom stereocenters. The number of anilines is 2. The van der Waals surface area contributed by atoms with Crippen molar-refractivity contribution in [1.82, 2.24) is 4.98 Å². The number of pyridine rings is 1. The number of H-pyrrole nitrogens is 1. The fourth-order valence-electron chi connectivity index (χ4n) is 1.83. The van der Waals surface area contributed by atoms with Gasteiger partial charge in [-0.1, -0.05) is 0 Å². The summed E-state index contributed by atoms with van der Waals surface area (Å²) in [6.45, 7) is 4.24. The molecule has 0 saturated carbocycles. The lowest BCUT2D eigenvalue weighted by atomic mass is 10.2. The van der Waals surface area contributed by atoms with Crippen LogP contribution in [0.4, 0.5) is 11.5 Å². The van der Waals surface area contributed by atoms with Crippen molar-refractivity contribution in [2.75, 3.05) is 30.4 Å². The zero-order valence-corrected chi connectivity index (χ0v) is 8.69. The van der Waals surface area contributed by atoms with E-state index in [-0.39, 0.29) is 11.6 Å². The number of hydrogen-bond acceptors (Lipinski definition) is 4. The molecular formula is C10H15N3O2. The molecule has 1 aliphatic heterocycles. The lowest BCUT2D eigenvalue weighted by molar-refractivity contribution is 0.0989. The summed E-state index contributed by atoms with van der Waals surface area (Å²) in [5.74, 6) is 0.399. The first-order chi connectivity index (χ1) is 7.16. The predicted octanol–water partition coefficient (Wildman–Crippen LogP) is 0.182. The van der Waals surface area contributed by atoms with Crippen molar-refractivity contribution in [2.24, 2.45) is 0 Å². The third-order valence-corrected chi connectivity index (χ3v) is 2.55. The van der Waals surface area contributed by atoms with E-state index in [0.717, 1.165) is 12.2 Å². The molecule has 0 aromatic carbocycles. The van der Waals surface area contributed by atoms with E-state index in [1.165, 1.54) is 0 Å². The summed E-state index contributed by atoms with van der Waals surface area (Å²) in [6, 6.07) is 3.63. The van der Waals surface area contributed by atoms with Crippen molar-refractivity contribution < 1.29 is 4.74 Å². The summed E-state index contributed by atoms with van der Waals surface area (Å²) in [5, 5.41) is 0. The first-order valence-corrected chi connectivity index (χ1v) is 5.01. The molecule has 0 amide bonds. The minimum atomic E-state index is -0.163. The highest BCUT2D eigenvalue weighted by Crippen LogP contribution is 2.18. The van der Waals surface area contributed by atoms with E-state index in [9.17, 15) is 4.79 Å². The van der Waals surface area contributed by atoms with Crippen LogP contribution in [-0.2, 0) is 4.74 Å². The van der Waals surface area contributed by atoms with Crippen molar-refractivity contribution in [3.05, 3.63) is 22.5 Å². The molecule has 0 spiro atoms. The molecule has 1 fully saturated rings. The fraction of sp³-hybridized carbons (Fsp3) is 0.500. The summed E-state index contributed by atoms with van der Waals surface area (Å²) in [5.41, 5.74) is 6.30. The highest BCUT2D eigenvalue weighted by atomic mass is 16.5. The largest absolute Gasteiger partial charge is 0.385 e. The molecule has 1 aliphatic rings. The normalized spacial score (nSPS) is 21.7. The molecule has 0 aliphatic carbocycles. The van der Waals surface area contributed by atoms with Gasteiger partial charge in [-0.05, 0) is 6.92 Å². The van der Waals surface area contributed by atoms with Crippen molar-refractivity contribution in [3.63, 3.8) is 0 Å². The van der Waals surface area contributed by atoms with Crippen molar-refractivity contribution in [1.29, 1.82) is 0 Å². The molecule has 82 valence electrons. The van der Waals surface area contributed by atoms with E-state index in [1.54, 1.807) is 12.1 Å². The number of ether oxygens (including phenoxy) is 1. The van der Waals surface area contributed by atoms with Gasteiger partial charge in [0.25, 0.3) is 5.56 Å². The van der Waals surface area contributed by atoms with Crippen molar-refractivity contribution in [2.45, 2.75) is 13.0 Å². The number of nitrogens with zero attached hydrogens (tertiary/aromatic N) is 1. The van der Waals surface area contributed by atoms with E-state index in [2.05, 4.69) is 16.8 Å². The Morgan fingerprint density at radius 3 is 3.07 bits per heavy atom. The summed E-state index contributed by atoms with van der Waals surface area (Å²) < 4.78 is 5.34. The topological polar surface area (TPSA) is 71.3 Å². The van der Waals surface area contributed by atoms with Crippen LogP contribution in [0, 0.1) is 0 Å². The van der Waals surface area contributed by atoms with Gasteiger partial charge < -0.3 is 20.4 Å². The van der Waals surface area contributed by atoms with Gasteiger partial charge >= 0.3 is 0 Å². The van der Waals surface area contributed by atoms with Gasteiger partial charge in [-0.3, -0.25) is 4.79 Å². The Hall–Kier alpha value is -1.49. The minimum absolute atomic E-state index is 0.163. The van der Waals surface area contributed by atoms with Crippen LogP contribution < -0.4 is 16.2 Å². The smallest absolute Gasteiger partial charge is 0.251 e. The Morgan fingerprint density at radius 1 is 1.60 bits per heavy atom. The molecule has 1 aromatic rings. The zero-order valence-electron chi connectivity index (χ0n) is 8.69. The first kappa shape index (κ1) is 10.0. The van der Waals surface area contributed by atoms with Gasteiger partial charge in [-0.15, -0.1) is 0 Å². The number of hydrogen-bond donors (Lipinski definition) is 2. The summed E-state index contributed by atoms with van der Waals surface area (Å²) >= 11 is 0. The van der Waals surface area contributed by atoms with Crippen molar-refractivity contribution in [3.8, 4) is 0 Å². The predicted molar refractivity (Wildman–Crippen MR) is 59.1 cm³/mol. The average Bonchev–Trinajstić information content (AvgIpc) is 2.16. The Labute approximate surface area is 87.8 Å². The van der Waals surface area contributed by atoms with Gasteiger partial charge in [0.05, 0.1) is 13.2 Å². The minimum Gasteiger partial charge on any atom is -0.385 e. The molecule has 15 heavy (non-hydrogen) atoms. The molecule has 0 bridgehead atoms. The number of nitrogen functional groups attached to an aromatic ring is 1. The maximum atomic E-state index is 11.3. The Balaban J connectivity index is 2.31. The molecule has 3 N–H and O–H groups in total. The SMILES string of the molecule is CC1COCCN1c1cc(N)[nH]c(=O)c1. The fourth-order valence-corrected chi connectivity index (χ4v) is 1.83. The van der Waals surface area contributed by atoms with Gasteiger partial charge in [0.1, 0.15) is 5.82 Å². The van der Waals surface area contributed by atoms with Crippen LogP contribution in [0.25, 0.3) is 0 Å². The molecular weight excluding hydrogens is 194 g/mol. The van der Waals surface area contributed by atoms with E-state index in [1.807, 2.05) is 0 Å². The van der Waals surface area contributed by atoms with Gasteiger partial charge in [0, 0.05) is 30.4 Å². The van der Waals surface area contributed by atoms with E-state index >= 15 is 0 Å². The van der Waals surface area contributed by atoms with Crippen LogP contribution in [0.15, 0.2) is 16.9 Å². The molecule has 2 rings (SSSR count). The van der Waals surface area contributed by atoms with E-state index in [0.29, 0.717) is 19.0 Å². The summed E-state index contributed by atoms with van der Waals surface area (Å²) in [4.78, 5) is 15.9. The molecule has 5 nitrogen and oxygen atoms in total. The van der Waals surface area contributed by atoms with Crippen LogP contribution in [0.5, 0.6) is 0 Å². The number of nitrogens with one attached hydrogen (secondary N) is 1. The number of aromatic amines is 1. The molecule has 1 aromatic heterocycles. The average molecular weight is 209 g/mol. The maximum Gasteiger partial charge on any atom is 0.251 e. The van der Waals surface area contributed by atoms with Gasteiger partial charge in [-0.25, -0.2) is 0 Å². The highest BCUT2D eigenvalue weighted by molar-refractivity contribution is 5.52. The highest BCUT2D eigenvalue weighted by Gasteiger charge is 2.19. The van der Waals surface area contributed by atoms with E-state index < -0.39 is 0 Å². The quantitative estimate of drug-likeness (QED) is 0.692. The lowest BCUT2D eigenvalue weighted by Crippen LogP contribution is -2.44. The lowest BCUT2D eigenvalue weighted by Gasteiger charge is -2.35. The second kappa shape index (κ2) is 3.94. The van der Waals surface area contributed by atoms with Crippen LogP contribution in [0.1, 0.15) is 6.92 Å². The van der Waals surface area contributed by atoms with Gasteiger partial charge in [0.15, 0.2) is 0 Å². The van der Waals surface area contributed by atoms with Crippen molar-refractivity contribution >= 4 is 11.5 Å². The summed E-state index contributed by atoms with van der Waals surface area (Å²) in [7, 11) is 0. The second-order valence-corrected chi connectivity index (χ2v) is 3.78. The van der Waals surface area contributed by atoms with Crippen LogP contribution in [0.3, 0.4) is 0 Å². The Kier molecular flexibility index (Phi) is 2.64. The maximum absolute atomic E-state index is 11.3. The second-order valence-electron chi connectivity index (χ2n) is 3.78. The number of aromatic nitrogens is 1. The molecule has 2 heterocycles. The Morgan fingerprint density at radius 2 is 2.40 bits per heavy atom. The van der Waals surface area contributed by atoms with E-state index in [4.69, 9.17) is 10.5 Å². The molecule has 1 saturated heterocycles. The van der Waals surface area contributed by atoms with Crippen LogP contribution >= 0.6 is 0 Å². The van der Waals surface area contributed by atoms with Gasteiger partial charge in [-0.2, -0.15) is 0 Å². The monoisotopic (exact) mass is 209 g/mol. The van der Waals surface area contributed by atoms with Crippen LogP contribution in [-0.4, -0.2) is 30.8 Å². The third kappa shape index (κ3) is 2.12. The summed E-state index contributed by atoms with van der Waals surface area (Å²) in [6.07, 6.45) is 0. The number of morpholine rings is 1. The van der Waals surface area contributed by atoms with Crippen LogP contribution in [0.2, 0.25) is 0 Å². The van der Waals surface area contributed by atoms with Gasteiger partial charge in [0.2, 0.25) is 0 Å². The zero-order chi connectivity index (χ0) is 10.8.